The summed E-state index contributed by atoms with van der Waals surface area (Å²) in [6.07, 6.45) is 3.07. The maximum Gasteiger partial charge on any atom is 0.138 e. The average Bonchev–Trinajstić information content (AvgIpc) is 2.75. The first kappa shape index (κ1) is 8.58. The largest absolute Gasteiger partial charge is 0.375 e. The zero-order valence-corrected chi connectivity index (χ0v) is 7.39. The van der Waals surface area contributed by atoms with Crippen molar-refractivity contribution in [3.63, 3.8) is 0 Å². The van der Waals surface area contributed by atoms with Gasteiger partial charge in [-0.2, -0.15) is 0 Å². The van der Waals surface area contributed by atoms with Gasteiger partial charge in [-0.1, -0.05) is 0 Å². The Bertz CT molecular complexity index is 231. The van der Waals surface area contributed by atoms with Gasteiger partial charge in [-0.15, -0.1) is 5.10 Å². The second-order valence-corrected chi connectivity index (χ2v) is 3.06. The second-order valence-electron chi connectivity index (χ2n) is 3.06. The Hall–Kier alpha value is -1.01. The molecule has 0 aromatic carbocycles. The van der Waals surface area contributed by atoms with Crippen molar-refractivity contribution in [2.45, 2.75) is 19.1 Å². The summed E-state index contributed by atoms with van der Waals surface area (Å²) in [5.41, 5.74) is 0. The number of rotatable bonds is 4. The van der Waals surface area contributed by atoms with E-state index in [1.54, 1.807) is 11.0 Å². The quantitative estimate of drug-likeness (QED) is 0.652. The van der Waals surface area contributed by atoms with Crippen LogP contribution in [0.2, 0.25) is 0 Å². The van der Waals surface area contributed by atoms with Crippen molar-refractivity contribution in [1.82, 2.24) is 25.5 Å². The van der Waals surface area contributed by atoms with Crippen molar-refractivity contribution in [2.24, 2.45) is 0 Å². The molecular weight excluding hydrogens is 170 g/mol. The van der Waals surface area contributed by atoms with E-state index in [2.05, 4.69) is 20.8 Å². The lowest BCUT2D eigenvalue weighted by Gasteiger charge is -2.09. The molecule has 1 unspecified atom stereocenters. The fourth-order valence-corrected chi connectivity index (χ4v) is 1.37. The van der Waals surface area contributed by atoms with Gasteiger partial charge in [0, 0.05) is 6.54 Å². The van der Waals surface area contributed by atoms with Gasteiger partial charge in [0.25, 0.3) is 0 Å². The zero-order chi connectivity index (χ0) is 8.93. The molecule has 6 heteroatoms. The van der Waals surface area contributed by atoms with Gasteiger partial charge >= 0.3 is 0 Å². The van der Waals surface area contributed by atoms with Gasteiger partial charge in [-0.3, -0.25) is 0 Å². The third-order valence-corrected chi connectivity index (χ3v) is 2.08. The Morgan fingerprint density at radius 1 is 1.62 bits per heavy atom. The van der Waals surface area contributed by atoms with Crippen LogP contribution in [0.4, 0.5) is 0 Å². The highest BCUT2D eigenvalue weighted by atomic mass is 16.5. The van der Waals surface area contributed by atoms with Crippen molar-refractivity contribution in [3.05, 3.63) is 6.33 Å². The number of hydrogen-bond donors (Lipinski definition) is 1. The van der Waals surface area contributed by atoms with Gasteiger partial charge in [-0.25, -0.2) is 4.68 Å². The monoisotopic (exact) mass is 183 g/mol. The second kappa shape index (κ2) is 4.29. The van der Waals surface area contributed by atoms with Gasteiger partial charge in [0.2, 0.25) is 0 Å². The number of nitrogens with zero attached hydrogens (tertiary/aromatic N) is 4. The molecule has 0 radical (unpaired) electrons. The lowest BCUT2D eigenvalue weighted by atomic mass is 10.3. The normalized spacial score (nSPS) is 22.3. The van der Waals surface area contributed by atoms with E-state index in [0.717, 1.165) is 26.1 Å². The van der Waals surface area contributed by atoms with Crippen molar-refractivity contribution >= 4 is 0 Å². The lowest BCUT2D eigenvalue weighted by molar-refractivity contribution is 0.0595. The number of ether oxygens (including phenoxy) is 1. The van der Waals surface area contributed by atoms with Crippen molar-refractivity contribution in [1.29, 1.82) is 0 Å². The molecule has 1 aliphatic heterocycles. The van der Waals surface area contributed by atoms with Gasteiger partial charge < -0.3 is 10.1 Å². The first-order valence-corrected chi connectivity index (χ1v) is 4.48. The predicted octanol–water partition coefficient (Wildman–Crippen LogP) is -0.948. The molecule has 1 N–H and O–H groups in total. The smallest absolute Gasteiger partial charge is 0.138 e. The highest BCUT2D eigenvalue weighted by Crippen LogP contribution is 2.02. The van der Waals surface area contributed by atoms with Crippen molar-refractivity contribution in [2.75, 3.05) is 19.7 Å². The minimum Gasteiger partial charge on any atom is -0.375 e. The summed E-state index contributed by atoms with van der Waals surface area (Å²) in [6, 6.07) is 0. The van der Waals surface area contributed by atoms with E-state index in [4.69, 9.17) is 4.74 Å². The fraction of sp³-hybridized carbons (Fsp3) is 0.857. The minimum atomic E-state index is 0.372. The minimum absolute atomic E-state index is 0.372. The third kappa shape index (κ3) is 2.46. The van der Waals surface area contributed by atoms with Crippen LogP contribution in [0.5, 0.6) is 0 Å². The standard InChI is InChI=1S/C7H13N5O/c1-2-8-5-7(1)13-4-3-12-6-9-10-11-12/h6-8H,1-5H2. The first-order chi connectivity index (χ1) is 6.45. The summed E-state index contributed by atoms with van der Waals surface area (Å²) in [4.78, 5) is 0. The lowest BCUT2D eigenvalue weighted by Crippen LogP contribution is -2.19. The summed E-state index contributed by atoms with van der Waals surface area (Å²) in [5, 5.41) is 14.1. The summed E-state index contributed by atoms with van der Waals surface area (Å²) in [5.74, 6) is 0. The Morgan fingerprint density at radius 3 is 3.31 bits per heavy atom. The molecule has 6 nitrogen and oxygen atoms in total. The van der Waals surface area contributed by atoms with Crippen molar-refractivity contribution in [3.8, 4) is 0 Å². The summed E-state index contributed by atoms with van der Waals surface area (Å²) in [7, 11) is 0. The van der Waals surface area contributed by atoms with Crippen LogP contribution in [0.25, 0.3) is 0 Å². The number of nitrogens with one attached hydrogen (secondary N) is 1. The molecule has 13 heavy (non-hydrogen) atoms. The molecule has 0 amide bonds. The van der Waals surface area contributed by atoms with Crippen LogP contribution in [0, 0.1) is 0 Å². The van der Waals surface area contributed by atoms with Gasteiger partial charge in [0.1, 0.15) is 6.33 Å². The molecule has 0 bridgehead atoms. The van der Waals surface area contributed by atoms with Crippen LogP contribution in [0.15, 0.2) is 6.33 Å². The van der Waals surface area contributed by atoms with Crippen LogP contribution in [-0.2, 0) is 11.3 Å². The Kier molecular flexibility index (Phi) is 2.83. The van der Waals surface area contributed by atoms with E-state index in [0.29, 0.717) is 12.7 Å². The van der Waals surface area contributed by atoms with Crippen molar-refractivity contribution < 1.29 is 4.74 Å². The molecule has 0 spiro atoms. The van der Waals surface area contributed by atoms with E-state index in [-0.39, 0.29) is 0 Å². The van der Waals surface area contributed by atoms with Crippen LogP contribution < -0.4 is 5.32 Å². The predicted molar refractivity (Wildman–Crippen MR) is 45.0 cm³/mol. The van der Waals surface area contributed by atoms with Crippen LogP contribution in [0.1, 0.15) is 6.42 Å². The molecule has 2 rings (SSSR count). The van der Waals surface area contributed by atoms with E-state index >= 15 is 0 Å². The molecule has 1 aromatic heterocycles. The van der Waals surface area contributed by atoms with Crippen LogP contribution >= 0.6 is 0 Å². The highest BCUT2D eigenvalue weighted by molar-refractivity contribution is 4.70. The van der Waals surface area contributed by atoms with E-state index < -0.39 is 0 Å². The molecule has 1 fully saturated rings. The van der Waals surface area contributed by atoms with Crippen LogP contribution in [-0.4, -0.2) is 46.0 Å². The molecule has 2 heterocycles. The summed E-state index contributed by atoms with van der Waals surface area (Å²) >= 11 is 0. The molecule has 72 valence electrons. The molecule has 1 saturated heterocycles. The third-order valence-electron chi connectivity index (χ3n) is 2.08. The first-order valence-electron chi connectivity index (χ1n) is 4.48. The van der Waals surface area contributed by atoms with E-state index in [1.807, 2.05) is 0 Å². The Labute approximate surface area is 76.3 Å². The highest BCUT2D eigenvalue weighted by Gasteiger charge is 2.13. The Balaban J connectivity index is 1.63. The maximum absolute atomic E-state index is 5.60. The topological polar surface area (TPSA) is 64.9 Å². The summed E-state index contributed by atoms with van der Waals surface area (Å²) in [6.45, 7) is 3.44. The number of tetrazole rings is 1. The molecule has 1 atom stereocenters. The number of hydrogen-bond acceptors (Lipinski definition) is 5. The molecular formula is C7H13N5O. The number of aromatic nitrogens is 4. The van der Waals surface area contributed by atoms with E-state index in [1.165, 1.54) is 0 Å². The summed E-state index contributed by atoms with van der Waals surface area (Å²) < 4.78 is 7.27. The molecule has 1 aliphatic rings. The van der Waals surface area contributed by atoms with Gasteiger partial charge in [0.05, 0.1) is 19.3 Å². The average molecular weight is 183 g/mol. The molecule has 0 saturated carbocycles. The zero-order valence-electron chi connectivity index (χ0n) is 7.39. The van der Waals surface area contributed by atoms with Gasteiger partial charge in [-0.05, 0) is 23.4 Å². The van der Waals surface area contributed by atoms with E-state index in [9.17, 15) is 0 Å². The SMILES string of the molecule is c1nnnn1CCOC1CCNC1. The maximum atomic E-state index is 5.60. The fourth-order valence-electron chi connectivity index (χ4n) is 1.37. The van der Waals surface area contributed by atoms with Crippen LogP contribution in [0.3, 0.4) is 0 Å². The Morgan fingerprint density at radius 2 is 2.62 bits per heavy atom. The molecule has 0 aliphatic carbocycles. The van der Waals surface area contributed by atoms with Gasteiger partial charge in [0.15, 0.2) is 0 Å². The molecule has 1 aromatic rings.